The first kappa shape index (κ1) is 20.1. The molecule has 0 fully saturated rings. The molecule has 0 radical (unpaired) electrons. The third-order valence-electron chi connectivity index (χ3n) is 6.08. The highest BCUT2D eigenvalue weighted by molar-refractivity contribution is 6.00. The van der Waals surface area contributed by atoms with E-state index in [4.69, 9.17) is 4.74 Å². The van der Waals surface area contributed by atoms with E-state index in [9.17, 15) is 4.39 Å². The number of hydrogen-bond donors (Lipinski definition) is 2. The first-order valence-corrected chi connectivity index (χ1v) is 10.8. The van der Waals surface area contributed by atoms with Crippen LogP contribution in [0, 0.1) is 12.7 Å². The number of ether oxygens (including phenoxy) is 1. The zero-order valence-corrected chi connectivity index (χ0v) is 18.6. The van der Waals surface area contributed by atoms with Crippen LogP contribution in [0.15, 0.2) is 73.1 Å². The lowest BCUT2D eigenvalue weighted by molar-refractivity contribution is 0.411. The highest BCUT2D eigenvalue weighted by Gasteiger charge is 2.16. The van der Waals surface area contributed by atoms with E-state index in [0.29, 0.717) is 22.6 Å². The number of pyridine rings is 2. The van der Waals surface area contributed by atoms with Crippen LogP contribution < -0.4 is 4.74 Å². The third-order valence-corrected chi connectivity index (χ3v) is 6.08. The Kier molecular flexibility index (Phi) is 4.62. The predicted octanol–water partition coefficient (Wildman–Crippen LogP) is 6.29. The second kappa shape index (κ2) is 7.81. The van der Waals surface area contributed by atoms with Crippen molar-refractivity contribution in [3.05, 3.63) is 84.4 Å². The minimum Gasteiger partial charge on any atom is -0.497 e. The number of aromatic amines is 2. The molecule has 0 aliphatic rings. The molecule has 0 spiro atoms. The van der Waals surface area contributed by atoms with E-state index in [2.05, 4.69) is 50.3 Å². The van der Waals surface area contributed by atoms with Crippen molar-refractivity contribution in [3.63, 3.8) is 0 Å². The minimum atomic E-state index is -0.358. The van der Waals surface area contributed by atoms with Gasteiger partial charge in [0.2, 0.25) is 0 Å². The summed E-state index contributed by atoms with van der Waals surface area (Å²) in [6, 6.07) is 18.8. The predicted molar refractivity (Wildman–Crippen MR) is 131 cm³/mol. The molecule has 34 heavy (non-hydrogen) atoms. The van der Waals surface area contributed by atoms with Gasteiger partial charge in [-0.25, -0.2) is 14.4 Å². The van der Waals surface area contributed by atoms with Crippen molar-refractivity contribution in [2.75, 3.05) is 7.11 Å². The van der Waals surface area contributed by atoms with Gasteiger partial charge in [-0.3, -0.25) is 5.10 Å². The van der Waals surface area contributed by atoms with E-state index >= 15 is 0 Å². The van der Waals surface area contributed by atoms with E-state index in [0.717, 1.165) is 38.9 Å². The molecule has 0 amide bonds. The monoisotopic (exact) mass is 449 g/mol. The number of fused-ring (bicyclic) bond motifs is 2. The van der Waals surface area contributed by atoms with Crippen LogP contribution in [-0.4, -0.2) is 32.3 Å². The molecule has 6 aromatic rings. The number of aromatic nitrogens is 5. The second-order valence-corrected chi connectivity index (χ2v) is 8.19. The molecule has 2 aromatic carbocycles. The van der Waals surface area contributed by atoms with E-state index in [-0.39, 0.29) is 5.82 Å². The fourth-order valence-electron chi connectivity index (χ4n) is 4.40. The maximum Gasteiger partial charge on any atom is 0.155 e. The topological polar surface area (TPSA) is 79.5 Å². The van der Waals surface area contributed by atoms with Gasteiger partial charge in [0.15, 0.2) is 5.65 Å². The van der Waals surface area contributed by atoms with Crippen molar-refractivity contribution < 1.29 is 9.13 Å². The van der Waals surface area contributed by atoms with Gasteiger partial charge in [0, 0.05) is 34.8 Å². The molecule has 4 aromatic heterocycles. The number of nitrogens with one attached hydrogen (secondary N) is 2. The summed E-state index contributed by atoms with van der Waals surface area (Å²) in [6.07, 6.45) is 3.56. The van der Waals surface area contributed by atoms with Crippen molar-refractivity contribution in [3.8, 4) is 39.4 Å². The number of nitrogens with zero attached hydrogens (tertiary/aromatic N) is 3. The first-order valence-electron chi connectivity index (χ1n) is 10.8. The van der Waals surface area contributed by atoms with Crippen LogP contribution in [0.25, 0.3) is 55.7 Å². The molecule has 166 valence electrons. The smallest absolute Gasteiger partial charge is 0.155 e. The summed E-state index contributed by atoms with van der Waals surface area (Å²) in [4.78, 5) is 12.4. The van der Waals surface area contributed by atoms with E-state index in [1.807, 2.05) is 36.5 Å². The largest absolute Gasteiger partial charge is 0.497 e. The van der Waals surface area contributed by atoms with Crippen LogP contribution in [0.3, 0.4) is 0 Å². The Labute approximate surface area is 194 Å². The lowest BCUT2D eigenvalue weighted by Gasteiger charge is -2.06. The summed E-state index contributed by atoms with van der Waals surface area (Å²) in [6.45, 7) is 2.09. The average Bonchev–Trinajstić information content (AvgIpc) is 3.47. The summed E-state index contributed by atoms with van der Waals surface area (Å²) in [5.41, 5.74) is 7.84. The fraction of sp³-hybridized carbons (Fsp3) is 0.0741. The molecule has 0 bridgehead atoms. The number of methoxy groups -OCH3 is 1. The summed E-state index contributed by atoms with van der Waals surface area (Å²) in [7, 11) is 1.52. The van der Waals surface area contributed by atoms with Crippen LogP contribution in [0.1, 0.15) is 5.56 Å². The van der Waals surface area contributed by atoms with Gasteiger partial charge in [-0.2, -0.15) is 5.10 Å². The zero-order valence-electron chi connectivity index (χ0n) is 18.6. The highest BCUT2D eigenvalue weighted by atomic mass is 19.1. The third kappa shape index (κ3) is 3.29. The number of halogens is 1. The molecule has 0 atom stereocenters. The van der Waals surface area contributed by atoms with Crippen LogP contribution in [0.2, 0.25) is 0 Å². The Bertz CT molecular complexity index is 1680. The van der Waals surface area contributed by atoms with Crippen LogP contribution in [0.5, 0.6) is 5.75 Å². The average molecular weight is 449 g/mol. The second-order valence-electron chi connectivity index (χ2n) is 8.19. The standard InChI is InChI=1S/C27H20FN5O/c1-15-5-3-4-6-20(15)17-11-23-25(32-33-27(23)30-14-17)24-13-22-21(7-8-29-26(22)31-24)16-9-18(28)12-19(10-16)34-2/h3-14H,1-2H3,(H,29,31)(H,30,32,33). The summed E-state index contributed by atoms with van der Waals surface area (Å²) in [5.74, 6) is 0.104. The summed E-state index contributed by atoms with van der Waals surface area (Å²) < 4.78 is 19.4. The van der Waals surface area contributed by atoms with E-state index in [1.54, 1.807) is 6.20 Å². The first-order chi connectivity index (χ1) is 16.6. The number of aryl methyl sites for hydroxylation is 1. The van der Waals surface area contributed by atoms with Gasteiger partial charge in [0.1, 0.15) is 22.9 Å². The Morgan fingerprint density at radius 1 is 0.853 bits per heavy atom. The lowest BCUT2D eigenvalue weighted by atomic mass is 10.0. The Morgan fingerprint density at radius 3 is 2.59 bits per heavy atom. The van der Waals surface area contributed by atoms with Gasteiger partial charge >= 0.3 is 0 Å². The van der Waals surface area contributed by atoms with Gasteiger partial charge in [-0.15, -0.1) is 0 Å². The molecule has 6 nitrogen and oxygen atoms in total. The van der Waals surface area contributed by atoms with Crippen LogP contribution in [-0.2, 0) is 0 Å². The van der Waals surface area contributed by atoms with Crippen LogP contribution >= 0.6 is 0 Å². The Morgan fingerprint density at radius 2 is 1.74 bits per heavy atom. The molecular weight excluding hydrogens is 429 g/mol. The molecule has 0 aliphatic carbocycles. The van der Waals surface area contributed by atoms with Gasteiger partial charge in [0.05, 0.1) is 12.8 Å². The maximum atomic E-state index is 14.2. The number of rotatable bonds is 4. The molecule has 0 saturated carbocycles. The van der Waals surface area contributed by atoms with Gasteiger partial charge in [-0.05, 0) is 59.5 Å². The SMILES string of the molecule is COc1cc(F)cc(-c2ccnc3[nH]c(-c4n[nH]c5ncc(-c6ccccc6C)cc45)cc23)c1. The van der Waals surface area contributed by atoms with E-state index < -0.39 is 0 Å². The molecule has 6 rings (SSSR count). The van der Waals surface area contributed by atoms with Crippen molar-refractivity contribution >= 4 is 22.1 Å². The van der Waals surface area contributed by atoms with Crippen molar-refractivity contribution in [2.45, 2.75) is 6.92 Å². The quantitative estimate of drug-likeness (QED) is 0.331. The van der Waals surface area contributed by atoms with E-state index in [1.165, 1.54) is 24.8 Å². The minimum absolute atomic E-state index is 0.358. The van der Waals surface area contributed by atoms with Crippen molar-refractivity contribution in [2.24, 2.45) is 0 Å². The van der Waals surface area contributed by atoms with Crippen molar-refractivity contribution in [1.82, 2.24) is 25.1 Å². The highest BCUT2D eigenvalue weighted by Crippen LogP contribution is 2.35. The number of benzene rings is 2. The van der Waals surface area contributed by atoms with Crippen LogP contribution in [0.4, 0.5) is 4.39 Å². The summed E-state index contributed by atoms with van der Waals surface area (Å²) in [5, 5.41) is 9.33. The Hall–Kier alpha value is -4.52. The van der Waals surface area contributed by atoms with Crippen molar-refractivity contribution in [1.29, 1.82) is 0 Å². The lowest BCUT2D eigenvalue weighted by Crippen LogP contribution is -1.88. The van der Waals surface area contributed by atoms with Gasteiger partial charge in [-0.1, -0.05) is 24.3 Å². The number of H-pyrrole nitrogens is 2. The van der Waals surface area contributed by atoms with Gasteiger partial charge in [0.25, 0.3) is 0 Å². The summed E-state index contributed by atoms with van der Waals surface area (Å²) >= 11 is 0. The molecule has 0 unspecified atom stereocenters. The fourth-order valence-corrected chi connectivity index (χ4v) is 4.40. The van der Waals surface area contributed by atoms with Gasteiger partial charge < -0.3 is 9.72 Å². The molecule has 0 aliphatic heterocycles. The molecule has 7 heteroatoms. The zero-order chi connectivity index (χ0) is 23.2. The molecule has 4 heterocycles. The maximum absolute atomic E-state index is 14.2. The molecule has 2 N–H and O–H groups in total. The number of hydrogen-bond acceptors (Lipinski definition) is 4. The normalized spacial score (nSPS) is 11.4. The molecule has 0 saturated heterocycles. The molecular formula is C27H20FN5O. The Balaban J connectivity index is 1.51.